The van der Waals surface area contributed by atoms with E-state index in [0.717, 1.165) is 24.7 Å². The quantitative estimate of drug-likeness (QED) is 0.632. The summed E-state index contributed by atoms with van der Waals surface area (Å²) in [6.45, 7) is 4.64. The Morgan fingerprint density at radius 1 is 1.29 bits per heavy atom. The Morgan fingerprint density at radius 2 is 1.93 bits per heavy atom. The van der Waals surface area contributed by atoms with Crippen LogP contribution in [-0.4, -0.2) is 11.4 Å². The third-order valence-electron chi connectivity index (χ3n) is 3.75. The van der Waals surface area contributed by atoms with E-state index in [1.807, 2.05) is 0 Å². The fourth-order valence-corrected chi connectivity index (χ4v) is 3.59. The second kappa shape index (κ2) is 3.56. The van der Waals surface area contributed by atoms with Gasteiger partial charge >= 0.3 is 0 Å². The van der Waals surface area contributed by atoms with E-state index in [1.54, 1.807) is 0 Å². The lowest BCUT2D eigenvalue weighted by molar-refractivity contribution is -0.126. The first-order chi connectivity index (χ1) is 6.60. The Hall–Kier alpha value is -0.530. The molecule has 2 nitrogen and oxygen atoms in total. The van der Waals surface area contributed by atoms with E-state index in [4.69, 9.17) is 0 Å². The number of hydrogen-bond acceptors (Lipinski definition) is 1. The number of carbonyl (C=O) groups excluding carboxylic acids is 1. The summed E-state index contributed by atoms with van der Waals surface area (Å²) in [6.07, 6.45) is 6.76. The molecule has 0 aromatic heterocycles. The number of piperidine rings is 1. The van der Waals surface area contributed by atoms with Crippen LogP contribution in [0.1, 0.15) is 52.4 Å². The molecule has 0 aromatic rings. The summed E-state index contributed by atoms with van der Waals surface area (Å²) in [5.41, 5.74) is 0.173. The van der Waals surface area contributed by atoms with Gasteiger partial charge in [-0.25, -0.2) is 0 Å². The smallest absolute Gasteiger partial charge is 0.220 e. The van der Waals surface area contributed by atoms with Gasteiger partial charge in [-0.05, 0) is 43.9 Å². The van der Waals surface area contributed by atoms with Crippen LogP contribution in [0.25, 0.3) is 0 Å². The zero-order valence-electron chi connectivity index (χ0n) is 9.31. The fraction of sp³-hybridized carbons (Fsp3) is 0.917. The van der Waals surface area contributed by atoms with Gasteiger partial charge in [0.1, 0.15) is 0 Å². The van der Waals surface area contributed by atoms with E-state index in [9.17, 15) is 4.79 Å². The molecule has 0 aromatic carbocycles. The third kappa shape index (κ3) is 1.94. The van der Waals surface area contributed by atoms with Crippen LogP contribution in [0, 0.1) is 11.8 Å². The Kier molecular flexibility index (Phi) is 2.54. The van der Waals surface area contributed by atoms with Gasteiger partial charge < -0.3 is 5.32 Å². The predicted molar refractivity (Wildman–Crippen MR) is 56.9 cm³/mol. The highest BCUT2D eigenvalue weighted by molar-refractivity contribution is 5.77. The van der Waals surface area contributed by atoms with Crippen molar-refractivity contribution in [3.8, 4) is 0 Å². The highest BCUT2D eigenvalue weighted by Crippen LogP contribution is 2.40. The lowest BCUT2D eigenvalue weighted by Gasteiger charge is -2.45. The zero-order chi connectivity index (χ0) is 10.2. The van der Waals surface area contributed by atoms with Crippen molar-refractivity contribution in [3.05, 3.63) is 0 Å². The molecule has 1 aliphatic carbocycles. The average Bonchev–Trinajstić information content (AvgIpc) is 1.99. The van der Waals surface area contributed by atoms with Crippen molar-refractivity contribution in [1.82, 2.24) is 5.32 Å². The molecular weight excluding hydrogens is 174 g/mol. The summed E-state index contributed by atoms with van der Waals surface area (Å²) in [7, 11) is 0. The lowest BCUT2D eigenvalue weighted by Crippen LogP contribution is -2.55. The molecule has 2 unspecified atom stereocenters. The van der Waals surface area contributed by atoms with Crippen molar-refractivity contribution < 1.29 is 4.79 Å². The van der Waals surface area contributed by atoms with Gasteiger partial charge in [0.2, 0.25) is 5.91 Å². The first-order valence-electron chi connectivity index (χ1n) is 5.91. The number of carbonyl (C=O) groups is 1. The van der Waals surface area contributed by atoms with Gasteiger partial charge in [0.25, 0.3) is 0 Å². The van der Waals surface area contributed by atoms with E-state index in [2.05, 4.69) is 19.2 Å². The SMILES string of the molecule is CC1CC(C)CC2(CCCC(=O)N2)C1. The molecule has 1 N–H and O–H groups in total. The summed E-state index contributed by atoms with van der Waals surface area (Å²) in [6, 6.07) is 0. The maximum absolute atomic E-state index is 11.4. The van der Waals surface area contributed by atoms with Crippen LogP contribution in [0.4, 0.5) is 0 Å². The summed E-state index contributed by atoms with van der Waals surface area (Å²) in [5.74, 6) is 1.83. The summed E-state index contributed by atoms with van der Waals surface area (Å²) >= 11 is 0. The summed E-state index contributed by atoms with van der Waals surface area (Å²) < 4.78 is 0. The molecule has 2 atom stereocenters. The maximum atomic E-state index is 11.4. The number of amides is 1. The molecule has 1 spiro atoms. The maximum Gasteiger partial charge on any atom is 0.220 e. The highest BCUT2D eigenvalue weighted by atomic mass is 16.1. The Labute approximate surface area is 86.5 Å². The fourth-order valence-electron chi connectivity index (χ4n) is 3.59. The highest BCUT2D eigenvalue weighted by Gasteiger charge is 2.40. The van der Waals surface area contributed by atoms with Gasteiger partial charge in [-0.15, -0.1) is 0 Å². The first-order valence-corrected chi connectivity index (χ1v) is 5.91. The summed E-state index contributed by atoms with van der Waals surface area (Å²) in [5, 5.41) is 3.25. The van der Waals surface area contributed by atoms with E-state index < -0.39 is 0 Å². The molecule has 14 heavy (non-hydrogen) atoms. The Balaban J connectivity index is 2.09. The monoisotopic (exact) mass is 195 g/mol. The second-order valence-corrected chi connectivity index (χ2v) is 5.54. The molecule has 0 bridgehead atoms. The van der Waals surface area contributed by atoms with Gasteiger partial charge in [-0.1, -0.05) is 13.8 Å². The minimum Gasteiger partial charge on any atom is -0.351 e. The topological polar surface area (TPSA) is 29.1 Å². The van der Waals surface area contributed by atoms with Crippen LogP contribution < -0.4 is 5.32 Å². The number of nitrogens with one attached hydrogen (secondary N) is 1. The van der Waals surface area contributed by atoms with Crippen LogP contribution in [0.5, 0.6) is 0 Å². The third-order valence-corrected chi connectivity index (χ3v) is 3.75. The van der Waals surface area contributed by atoms with E-state index in [0.29, 0.717) is 0 Å². The number of hydrogen-bond donors (Lipinski definition) is 1. The van der Waals surface area contributed by atoms with Crippen molar-refractivity contribution in [3.63, 3.8) is 0 Å². The molecule has 1 heterocycles. The Bertz CT molecular complexity index is 226. The predicted octanol–water partition coefficient (Wildman–Crippen LogP) is 2.48. The van der Waals surface area contributed by atoms with Crippen molar-refractivity contribution in [2.45, 2.75) is 57.9 Å². The second-order valence-electron chi connectivity index (χ2n) is 5.54. The average molecular weight is 195 g/mol. The van der Waals surface area contributed by atoms with Gasteiger partial charge in [-0.2, -0.15) is 0 Å². The normalized spacial score (nSPS) is 43.7. The number of rotatable bonds is 0. The van der Waals surface area contributed by atoms with Crippen LogP contribution in [0.3, 0.4) is 0 Å². The molecule has 80 valence electrons. The van der Waals surface area contributed by atoms with Crippen molar-refractivity contribution in [1.29, 1.82) is 0 Å². The molecule has 2 fully saturated rings. The lowest BCUT2D eigenvalue weighted by atomic mass is 9.68. The van der Waals surface area contributed by atoms with Crippen molar-refractivity contribution in [2.24, 2.45) is 11.8 Å². The van der Waals surface area contributed by atoms with E-state index >= 15 is 0 Å². The first kappa shape index (κ1) is 10.0. The molecule has 2 rings (SSSR count). The zero-order valence-corrected chi connectivity index (χ0v) is 9.31. The van der Waals surface area contributed by atoms with Crippen molar-refractivity contribution >= 4 is 5.91 Å². The molecule has 2 heteroatoms. The van der Waals surface area contributed by atoms with Crippen LogP contribution in [-0.2, 0) is 4.79 Å². The van der Waals surface area contributed by atoms with Crippen molar-refractivity contribution in [2.75, 3.05) is 0 Å². The van der Waals surface area contributed by atoms with Gasteiger partial charge in [0, 0.05) is 12.0 Å². The molecule has 1 saturated heterocycles. The standard InChI is InChI=1S/C12H21NO/c1-9-6-10(2)8-12(7-9)5-3-4-11(14)13-12/h9-10H,3-8H2,1-2H3,(H,13,14). The van der Waals surface area contributed by atoms with Gasteiger partial charge in [0.15, 0.2) is 0 Å². The molecule has 1 amide bonds. The minimum absolute atomic E-state index is 0.173. The minimum atomic E-state index is 0.173. The summed E-state index contributed by atoms with van der Waals surface area (Å²) in [4.78, 5) is 11.4. The molecular formula is C12H21NO. The molecule has 2 aliphatic rings. The van der Waals surface area contributed by atoms with Crippen LogP contribution in [0.15, 0.2) is 0 Å². The van der Waals surface area contributed by atoms with E-state index in [-0.39, 0.29) is 11.4 Å². The van der Waals surface area contributed by atoms with Crippen LogP contribution in [0.2, 0.25) is 0 Å². The largest absolute Gasteiger partial charge is 0.351 e. The van der Waals surface area contributed by atoms with Crippen LogP contribution >= 0.6 is 0 Å². The molecule has 1 aliphatic heterocycles. The molecule has 0 radical (unpaired) electrons. The van der Waals surface area contributed by atoms with E-state index in [1.165, 1.54) is 25.7 Å². The van der Waals surface area contributed by atoms with Gasteiger partial charge in [-0.3, -0.25) is 4.79 Å². The molecule has 1 saturated carbocycles. The van der Waals surface area contributed by atoms with Gasteiger partial charge in [0.05, 0.1) is 0 Å². The Morgan fingerprint density at radius 3 is 2.50 bits per heavy atom.